The average Bonchev–Trinajstić information content (AvgIpc) is 3.22. The molecule has 1 saturated carbocycles. The Kier molecular flexibility index (Phi) is 6.49. The number of aliphatic hydroxyl groups is 1. The molecule has 24 heavy (non-hydrogen) atoms. The molecule has 2 aliphatic rings. The molecule has 2 unspecified atom stereocenters. The fraction of sp³-hybridized carbons (Fsp3) is 0.611. The molecule has 134 valence electrons. The highest BCUT2D eigenvalue weighted by atomic mass is 35.5. The summed E-state index contributed by atoms with van der Waals surface area (Å²) in [5.74, 6) is 0.858. The van der Waals surface area contributed by atoms with Crippen molar-refractivity contribution in [1.29, 1.82) is 0 Å². The summed E-state index contributed by atoms with van der Waals surface area (Å²) < 4.78 is 5.35. The number of hydrogen-bond donors (Lipinski definition) is 3. The Labute approximate surface area is 149 Å². The number of hydrogen-bond acceptors (Lipinski definition) is 4. The van der Waals surface area contributed by atoms with Crippen molar-refractivity contribution in [1.82, 2.24) is 10.6 Å². The second-order valence-corrected chi connectivity index (χ2v) is 6.79. The van der Waals surface area contributed by atoms with Crippen LogP contribution in [0.25, 0.3) is 0 Å². The molecule has 0 aromatic heterocycles. The molecule has 1 aliphatic carbocycles. The monoisotopic (exact) mass is 354 g/mol. The molecule has 1 heterocycles. The molecule has 1 aromatic carbocycles. The van der Waals surface area contributed by atoms with Gasteiger partial charge in [-0.3, -0.25) is 4.79 Å². The van der Waals surface area contributed by atoms with Crippen LogP contribution in [0.3, 0.4) is 0 Å². The first-order chi connectivity index (χ1) is 11.1. The Morgan fingerprint density at radius 2 is 2.17 bits per heavy atom. The highest BCUT2D eigenvalue weighted by Gasteiger charge is 2.37. The third kappa shape index (κ3) is 4.02. The van der Waals surface area contributed by atoms with Crippen molar-refractivity contribution in [3.8, 4) is 5.75 Å². The topological polar surface area (TPSA) is 70.6 Å². The van der Waals surface area contributed by atoms with Gasteiger partial charge in [-0.1, -0.05) is 25.0 Å². The van der Waals surface area contributed by atoms with Gasteiger partial charge in [0.25, 0.3) is 0 Å². The highest BCUT2D eigenvalue weighted by Crippen LogP contribution is 2.41. The molecule has 2 fully saturated rings. The minimum atomic E-state index is -0.412. The van der Waals surface area contributed by atoms with Crippen LogP contribution < -0.4 is 15.4 Å². The molecule has 5 nitrogen and oxygen atoms in total. The smallest absolute Gasteiger partial charge is 0.237 e. The quantitative estimate of drug-likeness (QED) is 0.753. The van der Waals surface area contributed by atoms with Crippen molar-refractivity contribution in [3.63, 3.8) is 0 Å². The van der Waals surface area contributed by atoms with Crippen molar-refractivity contribution < 1.29 is 14.6 Å². The number of halogens is 1. The summed E-state index contributed by atoms with van der Waals surface area (Å²) in [7, 11) is 1.68. The largest absolute Gasteiger partial charge is 0.497 e. The zero-order chi connectivity index (χ0) is 16.3. The molecule has 1 amide bonds. The van der Waals surface area contributed by atoms with Crippen LogP contribution in [0, 0.1) is 0 Å². The summed E-state index contributed by atoms with van der Waals surface area (Å²) >= 11 is 0. The van der Waals surface area contributed by atoms with E-state index in [2.05, 4.69) is 22.8 Å². The second-order valence-electron chi connectivity index (χ2n) is 6.79. The van der Waals surface area contributed by atoms with E-state index < -0.39 is 6.10 Å². The first-order valence-electron chi connectivity index (χ1n) is 8.47. The number of benzene rings is 1. The summed E-state index contributed by atoms with van der Waals surface area (Å²) in [6, 6.07) is 7.93. The second kappa shape index (κ2) is 8.19. The van der Waals surface area contributed by atoms with E-state index in [0.717, 1.165) is 18.6 Å². The maximum atomic E-state index is 12.3. The van der Waals surface area contributed by atoms with Gasteiger partial charge in [0.1, 0.15) is 5.75 Å². The van der Waals surface area contributed by atoms with Crippen LogP contribution in [0.4, 0.5) is 0 Å². The van der Waals surface area contributed by atoms with Crippen LogP contribution in [-0.2, 0) is 10.2 Å². The van der Waals surface area contributed by atoms with Gasteiger partial charge in [0.05, 0.1) is 19.3 Å². The fourth-order valence-electron chi connectivity index (χ4n) is 3.87. The van der Waals surface area contributed by atoms with Gasteiger partial charge >= 0.3 is 0 Å². The van der Waals surface area contributed by atoms with Crippen LogP contribution in [0.1, 0.15) is 37.7 Å². The van der Waals surface area contributed by atoms with E-state index in [4.69, 9.17) is 4.74 Å². The van der Waals surface area contributed by atoms with Gasteiger partial charge in [0, 0.05) is 18.5 Å². The van der Waals surface area contributed by atoms with Crippen LogP contribution in [0.2, 0.25) is 0 Å². The van der Waals surface area contributed by atoms with Gasteiger partial charge in [-0.05, 0) is 37.0 Å². The third-order valence-corrected chi connectivity index (χ3v) is 5.27. The number of methoxy groups -OCH3 is 1. The van der Waals surface area contributed by atoms with Gasteiger partial charge in [0.15, 0.2) is 0 Å². The Bertz CT molecular complexity index is 561. The standard InChI is InChI=1S/C18H26N2O3.ClH/c1-23-15-6-4-5-13(9-15)18(7-2-3-8-18)12-20-17(22)16-10-14(21)11-19-16;/h4-6,9,14,16,19,21H,2-3,7-8,10-12H2,1H3,(H,20,22);1H. The Hall–Kier alpha value is -1.30. The minimum absolute atomic E-state index is 0. The number of carbonyl (C=O) groups is 1. The predicted octanol–water partition coefficient (Wildman–Crippen LogP) is 1.77. The van der Waals surface area contributed by atoms with Crippen molar-refractivity contribution in [2.45, 2.75) is 49.7 Å². The molecule has 0 radical (unpaired) electrons. The molecule has 3 rings (SSSR count). The molecule has 2 atom stereocenters. The number of rotatable bonds is 5. The summed E-state index contributed by atoms with van der Waals surface area (Å²) in [4.78, 5) is 12.3. The maximum absolute atomic E-state index is 12.3. The van der Waals surface area contributed by atoms with Crippen LogP contribution in [0.5, 0.6) is 5.75 Å². The maximum Gasteiger partial charge on any atom is 0.237 e. The number of nitrogens with one attached hydrogen (secondary N) is 2. The van der Waals surface area contributed by atoms with Crippen LogP contribution in [0.15, 0.2) is 24.3 Å². The summed E-state index contributed by atoms with van der Waals surface area (Å²) in [5, 5.41) is 15.7. The number of aliphatic hydroxyl groups excluding tert-OH is 1. The van der Waals surface area contributed by atoms with Gasteiger partial charge in [-0.15, -0.1) is 12.4 Å². The number of β-amino-alcohol motifs (C(OH)–C–C–N with tert-alkyl or cyclic N) is 1. The summed E-state index contributed by atoms with van der Waals surface area (Å²) in [6.45, 7) is 1.15. The van der Waals surface area contributed by atoms with E-state index >= 15 is 0 Å². The van der Waals surface area contributed by atoms with Crippen molar-refractivity contribution in [2.75, 3.05) is 20.2 Å². The molecule has 0 bridgehead atoms. The highest BCUT2D eigenvalue weighted by molar-refractivity contribution is 5.85. The lowest BCUT2D eigenvalue weighted by Gasteiger charge is -2.31. The Morgan fingerprint density at radius 3 is 2.79 bits per heavy atom. The van der Waals surface area contributed by atoms with Crippen LogP contribution >= 0.6 is 12.4 Å². The molecule has 6 heteroatoms. The number of carbonyl (C=O) groups excluding carboxylic acids is 1. The number of amides is 1. The normalized spacial score (nSPS) is 25.1. The van der Waals surface area contributed by atoms with Crippen molar-refractivity contribution in [3.05, 3.63) is 29.8 Å². The first-order valence-corrected chi connectivity index (χ1v) is 8.47. The Morgan fingerprint density at radius 1 is 1.42 bits per heavy atom. The van der Waals surface area contributed by atoms with E-state index in [0.29, 0.717) is 19.5 Å². The van der Waals surface area contributed by atoms with E-state index in [1.54, 1.807) is 7.11 Å². The predicted molar refractivity (Wildman–Crippen MR) is 95.8 cm³/mol. The van der Waals surface area contributed by atoms with Gasteiger partial charge in [-0.2, -0.15) is 0 Å². The molecule has 1 saturated heterocycles. The molecular weight excluding hydrogens is 328 g/mol. The lowest BCUT2D eigenvalue weighted by molar-refractivity contribution is -0.123. The summed E-state index contributed by atoms with van der Waals surface area (Å²) in [6.07, 6.45) is 4.63. The van der Waals surface area contributed by atoms with Gasteiger partial charge < -0.3 is 20.5 Å². The zero-order valence-corrected chi connectivity index (χ0v) is 14.9. The van der Waals surface area contributed by atoms with E-state index in [9.17, 15) is 9.90 Å². The SMILES string of the molecule is COc1cccc(C2(CNC(=O)C3CC(O)CN3)CCCC2)c1.Cl. The lowest BCUT2D eigenvalue weighted by atomic mass is 9.78. The molecule has 0 spiro atoms. The van der Waals surface area contributed by atoms with E-state index in [1.807, 2.05) is 12.1 Å². The van der Waals surface area contributed by atoms with E-state index in [-0.39, 0.29) is 29.8 Å². The molecule has 1 aliphatic heterocycles. The lowest BCUT2D eigenvalue weighted by Crippen LogP contribution is -2.46. The zero-order valence-electron chi connectivity index (χ0n) is 14.1. The van der Waals surface area contributed by atoms with E-state index in [1.165, 1.54) is 18.4 Å². The fourth-order valence-corrected chi connectivity index (χ4v) is 3.87. The Balaban J connectivity index is 0.00000208. The molecule has 1 aromatic rings. The first kappa shape index (κ1) is 19.0. The minimum Gasteiger partial charge on any atom is -0.497 e. The molecular formula is C18H27ClN2O3. The van der Waals surface area contributed by atoms with Crippen LogP contribution in [-0.4, -0.2) is 43.4 Å². The van der Waals surface area contributed by atoms with Crippen molar-refractivity contribution in [2.24, 2.45) is 0 Å². The van der Waals surface area contributed by atoms with Gasteiger partial charge in [-0.25, -0.2) is 0 Å². The third-order valence-electron chi connectivity index (χ3n) is 5.27. The molecule has 3 N–H and O–H groups in total. The van der Waals surface area contributed by atoms with Crippen molar-refractivity contribution >= 4 is 18.3 Å². The number of ether oxygens (including phenoxy) is 1. The average molecular weight is 355 g/mol. The van der Waals surface area contributed by atoms with Gasteiger partial charge in [0.2, 0.25) is 5.91 Å². The summed E-state index contributed by atoms with van der Waals surface area (Å²) in [5.41, 5.74) is 1.25.